The van der Waals surface area contributed by atoms with Crippen LogP contribution in [0.15, 0.2) is 42.6 Å². The lowest BCUT2D eigenvalue weighted by atomic mass is 10.1. The first-order valence-corrected chi connectivity index (χ1v) is 7.89. The number of carbonyl (C=O) groups excluding carboxylic acids is 2. The fourth-order valence-electron chi connectivity index (χ4n) is 2.74. The summed E-state index contributed by atoms with van der Waals surface area (Å²) in [6.07, 6.45) is 3.67. The minimum absolute atomic E-state index is 0.0580. The topological polar surface area (TPSA) is 71.5 Å². The van der Waals surface area contributed by atoms with Crippen molar-refractivity contribution in [3.63, 3.8) is 0 Å². The molecule has 1 aromatic heterocycles. The molecular formula is C18H19N3O3. The summed E-state index contributed by atoms with van der Waals surface area (Å²) in [6, 6.07) is 10.5. The molecule has 0 spiro atoms. The molecule has 0 unspecified atom stereocenters. The summed E-state index contributed by atoms with van der Waals surface area (Å²) >= 11 is 0. The third-order valence-electron chi connectivity index (χ3n) is 3.98. The molecule has 1 aliphatic rings. The molecule has 1 aromatic carbocycles. The normalized spacial score (nSPS) is 13.6. The molecule has 1 fully saturated rings. The molecule has 0 atom stereocenters. The molecule has 24 heavy (non-hydrogen) atoms. The van der Waals surface area contributed by atoms with E-state index >= 15 is 0 Å². The molecule has 124 valence electrons. The van der Waals surface area contributed by atoms with Crippen LogP contribution in [0.25, 0.3) is 0 Å². The van der Waals surface area contributed by atoms with Gasteiger partial charge in [0.05, 0.1) is 18.4 Å². The van der Waals surface area contributed by atoms with Gasteiger partial charge >= 0.3 is 5.97 Å². The maximum atomic E-state index is 12.4. The molecule has 1 saturated heterocycles. The molecular weight excluding hydrogens is 306 g/mol. The van der Waals surface area contributed by atoms with Crippen molar-refractivity contribution in [3.05, 3.63) is 53.9 Å². The third-order valence-corrected chi connectivity index (χ3v) is 3.98. The number of methoxy groups -OCH3 is 1. The van der Waals surface area contributed by atoms with Crippen LogP contribution >= 0.6 is 0 Å². The van der Waals surface area contributed by atoms with Crippen molar-refractivity contribution in [2.24, 2.45) is 0 Å². The predicted molar refractivity (Wildman–Crippen MR) is 90.4 cm³/mol. The Morgan fingerprint density at radius 2 is 1.92 bits per heavy atom. The molecule has 2 heterocycles. The lowest BCUT2D eigenvalue weighted by Crippen LogP contribution is -2.28. The Balaban J connectivity index is 1.83. The number of benzene rings is 1. The summed E-state index contributed by atoms with van der Waals surface area (Å²) in [5, 5.41) is 3.16. The molecule has 1 amide bonds. The maximum absolute atomic E-state index is 12.4. The number of ether oxygens (including phenoxy) is 1. The van der Waals surface area contributed by atoms with E-state index in [1.165, 1.54) is 7.11 Å². The van der Waals surface area contributed by atoms with E-state index in [1.54, 1.807) is 36.5 Å². The monoisotopic (exact) mass is 325 g/mol. The standard InChI is InChI=1S/C18H19N3O3/c1-24-18(23)14-6-2-3-7-15(14)20-13-8-9-19-16(12-13)17(22)21-10-4-5-11-21/h2-3,6-9,12H,4-5,10-11H2,1H3,(H,19,20). The Kier molecular flexibility index (Phi) is 4.74. The van der Waals surface area contributed by atoms with Crippen LogP contribution in [0.3, 0.4) is 0 Å². The Morgan fingerprint density at radius 3 is 2.67 bits per heavy atom. The van der Waals surface area contributed by atoms with Crippen LogP contribution in [0.2, 0.25) is 0 Å². The highest BCUT2D eigenvalue weighted by molar-refractivity contribution is 5.97. The van der Waals surface area contributed by atoms with Gasteiger partial charge < -0.3 is 15.0 Å². The number of anilines is 2. The SMILES string of the molecule is COC(=O)c1ccccc1Nc1ccnc(C(=O)N2CCCC2)c1. The molecule has 1 aliphatic heterocycles. The van der Waals surface area contributed by atoms with Crippen LogP contribution < -0.4 is 5.32 Å². The van der Waals surface area contributed by atoms with Crippen LogP contribution in [0.4, 0.5) is 11.4 Å². The molecule has 1 N–H and O–H groups in total. The number of likely N-dealkylation sites (tertiary alicyclic amines) is 1. The second-order valence-corrected chi connectivity index (χ2v) is 5.59. The number of hydrogen-bond acceptors (Lipinski definition) is 5. The van der Waals surface area contributed by atoms with Gasteiger partial charge in [-0.3, -0.25) is 9.78 Å². The number of amides is 1. The second-order valence-electron chi connectivity index (χ2n) is 5.59. The zero-order valence-electron chi connectivity index (χ0n) is 13.5. The lowest BCUT2D eigenvalue weighted by molar-refractivity contribution is 0.0601. The molecule has 0 radical (unpaired) electrons. The second kappa shape index (κ2) is 7.12. The average molecular weight is 325 g/mol. The van der Waals surface area contributed by atoms with E-state index in [9.17, 15) is 9.59 Å². The molecule has 2 aromatic rings. The van der Waals surface area contributed by atoms with Gasteiger partial charge in [-0.15, -0.1) is 0 Å². The zero-order chi connectivity index (χ0) is 16.9. The fraction of sp³-hybridized carbons (Fsp3) is 0.278. The summed E-state index contributed by atoms with van der Waals surface area (Å²) in [6.45, 7) is 1.56. The third kappa shape index (κ3) is 3.37. The highest BCUT2D eigenvalue weighted by atomic mass is 16.5. The smallest absolute Gasteiger partial charge is 0.339 e. The predicted octanol–water partition coefficient (Wildman–Crippen LogP) is 2.85. The number of esters is 1. The van der Waals surface area contributed by atoms with Crippen LogP contribution in [-0.2, 0) is 4.74 Å². The number of rotatable bonds is 4. The summed E-state index contributed by atoms with van der Waals surface area (Å²) in [7, 11) is 1.35. The number of aromatic nitrogens is 1. The minimum Gasteiger partial charge on any atom is -0.465 e. The van der Waals surface area contributed by atoms with Gasteiger partial charge in [-0.1, -0.05) is 12.1 Å². The molecule has 0 aliphatic carbocycles. The Morgan fingerprint density at radius 1 is 1.17 bits per heavy atom. The van der Waals surface area contributed by atoms with Crippen LogP contribution in [0, 0.1) is 0 Å². The van der Waals surface area contributed by atoms with Gasteiger partial charge in [-0.05, 0) is 37.1 Å². The first kappa shape index (κ1) is 16.0. The Bertz CT molecular complexity index is 755. The summed E-state index contributed by atoms with van der Waals surface area (Å²) in [4.78, 5) is 30.3. The molecule has 0 saturated carbocycles. The van der Waals surface area contributed by atoms with Gasteiger partial charge in [-0.25, -0.2) is 4.79 Å². The summed E-state index contributed by atoms with van der Waals surface area (Å²) in [5.41, 5.74) is 2.15. The van der Waals surface area contributed by atoms with Crippen molar-refractivity contribution in [1.82, 2.24) is 9.88 Å². The fourth-order valence-corrected chi connectivity index (χ4v) is 2.74. The molecule has 6 heteroatoms. The minimum atomic E-state index is -0.416. The average Bonchev–Trinajstić information content (AvgIpc) is 3.16. The van der Waals surface area contributed by atoms with Crippen LogP contribution in [-0.4, -0.2) is 42.0 Å². The number of para-hydroxylation sites is 1. The molecule has 3 rings (SSSR count). The van der Waals surface area contributed by atoms with E-state index in [0.29, 0.717) is 22.6 Å². The van der Waals surface area contributed by atoms with Crippen molar-refractivity contribution in [2.75, 3.05) is 25.5 Å². The number of nitrogens with zero attached hydrogens (tertiary/aromatic N) is 2. The molecule has 6 nitrogen and oxygen atoms in total. The van der Waals surface area contributed by atoms with Crippen LogP contribution in [0.5, 0.6) is 0 Å². The van der Waals surface area contributed by atoms with Crippen LogP contribution in [0.1, 0.15) is 33.7 Å². The van der Waals surface area contributed by atoms with E-state index in [1.807, 2.05) is 11.0 Å². The lowest BCUT2D eigenvalue weighted by Gasteiger charge is -2.15. The Labute approximate surface area is 140 Å². The number of nitrogens with one attached hydrogen (secondary N) is 1. The number of pyridine rings is 1. The van der Waals surface area contributed by atoms with Crippen molar-refractivity contribution >= 4 is 23.3 Å². The summed E-state index contributed by atoms with van der Waals surface area (Å²) in [5.74, 6) is -0.474. The zero-order valence-corrected chi connectivity index (χ0v) is 13.5. The van der Waals surface area contributed by atoms with E-state index < -0.39 is 5.97 Å². The van der Waals surface area contributed by atoms with Gasteiger partial charge in [0, 0.05) is 25.0 Å². The van der Waals surface area contributed by atoms with Gasteiger partial charge in [0.25, 0.3) is 5.91 Å². The van der Waals surface area contributed by atoms with Crippen molar-refractivity contribution in [2.45, 2.75) is 12.8 Å². The first-order chi connectivity index (χ1) is 11.7. The summed E-state index contributed by atoms with van der Waals surface area (Å²) < 4.78 is 4.79. The highest BCUT2D eigenvalue weighted by Crippen LogP contribution is 2.22. The van der Waals surface area contributed by atoms with Crippen molar-refractivity contribution in [1.29, 1.82) is 0 Å². The molecule has 0 bridgehead atoms. The first-order valence-electron chi connectivity index (χ1n) is 7.89. The van der Waals surface area contributed by atoms with E-state index in [4.69, 9.17) is 4.74 Å². The number of hydrogen-bond donors (Lipinski definition) is 1. The largest absolute Gasteiger partial charge is 0.465 e. The maximum Gasteiger partial charge on any atom is 0.339 e. The van der Waals surface area contributed by atoms with Crippen molar-refractivity contribution in [3.8, 4) is 0 Å². The van der Waals surface area contributed by atoms with Gasteiger partial charge in [-0.2, -0.15) is 0 Å². The van der Waals surface area contributed by atoms with Gasteiger partial charge in [0.2, 0.25) is 0 Å². The number of carbonyl (C=O) groups is 2. The van der Waals surface area contributed by atoms with E-state index in [0.717, 1.165) is 25.9 Å². The quantitative estimate of drug-likeness (QED) is 0.875. The van der Waals surface area contributed by atoms with E-state index in [-0.39, 0.29) is 5.91 Å². The Hall–Kier alpha value is -2.89. The van der Waals surface area contributed by atoms with Gasteiger partial charge in [0.1, 0.15) is 5.69 Å². The van der Waals surface area contributed by atoms with E-state index in [2.05, 4.69) is 10.3 Å². The van der Waals surface area contributed by atoms with Crippen molar-refractivity contribution < 1.29 is 14.3 Å². The highest BCUT2D eigenvalue weighted by Gasteiger charge is 2.20. The van der Waals surface area contributed by atoms with Gasteiger partial charge in [0.15, 0.2) is 0 Å².